The second-order valence-electron chi connectivity index (χ2n) is 7.21. The van der Waals surface area contributed by atoms with Crippen molar-refractivity contribution < 1.29 is 23.8 Å². The van der Waals surface area contributed by atoms with Gasteiger partial charge in [0.15, 0.2) is 11.5 Å². The lowest BCUT2D eigenvalue weighted by Gasteiger charge is -2.10. The van der Waals surface area contributed by atoms with Crippen LogP contribution in [0.3, 0.4) is 0 Å². The molecule has 3 aromatic rings. The van der Waals surface area contributed by atoms with E-state index in [1.165, 1.54) is 13.3 Å². The summed E-state index contributed by atoms with van der Waals surface area (Å²) in [6, 6.07) is 18.8. The van der Waals surface area contributed by atoms with Gasteiger partial charge in [-0.15, -0.1) is 0 Å². The average molecular weight is 525 g/mol. The lowest BCUT2D eigenvalue weighted by atomic mass is 10.2. The van der Waals surface area contributed by atoms with Gasteiger partial charge < -0.3 is 14.2 Å². The zero-order valence-electron chi connectivity index (χ0n) is 18.9. The van der Waals surface area contributed by atoms with Crippen LogP contribution in [-0.4, -0.2) is 31.8 Å². The number of rotatable bonds is 10. The molecule has 0 aliphatic rings. The minimum atomic E-state index is -0.513. The number of nitrogens with zero attached hydrogens (tertiary/aromatic N) is 1. The summed E-state index contributed by atoms with van der Waals surface area (Å²) in [6.07, 6.45) is 3.50. The van der Waals surface area contributed by atoms with Gasteiger partial charge in [0, 0.05) is 4.47 Å². The van der Waals surface area contributed by atoms with Crippen molar-refractivity contribution in [3.63, 3.8) is 0 Å². The molecule has 0 aliphatic heterocycles. The average Bonchev–Trinajstić information content (AvgIpc) is 2.85. The molecular weight excluding hydrogens is 500 g/mol. The van der Waals surface area contributed by atoms with E-state index in [-0.39, 0.29) is 11.7 Å². The van der Waals surface area contributed by atoms with Gasteiger partial charge in [-0.1, -0.05) is 25.5 Å². The fraction of sp³-hybridized carbons (Fsp3) is 0.192. The third-order valence-corrected chi connectivity index (χ3v) is 5.44. The third kappa shape index (κ3) is 6.92. The van der Waals surface area contributed by atoms with E-state index >= 15 is 0 Å². The van der Waals surface area contributed by atoms with Crippen LogP contribution in [0.5, 0.6) is 17.2 Å². The van der Waals surface area contributed by atoms with Crippen LogP contribution in [0.1, 0.15) is 46.0 Å². The largest absolute Gasteiger partial charge is 0.494 e. The van der Waals surface area contributed by atoms with Gasteiger partial charge in [0.2, 0.25) is 0 Å². The highest BCUT2D eigenvalue weighted by atomic mass is 79.9. The van der Waals surface area contributed by atoms with E-state index in [1.54, 1.807) is 60.7 Å². The van der Waals surface area contributed by atoms with Crippen LogP contribution in [0, 0.1) is 0 Å². The fourth-order valence-electron chi connectivity index (χ4n) is 2.90. The molecule has 0 fully saturated rings. The van der Waals surface area contributed by atoms with Crippen molar-refractivity contribution in [3.05, 3.63) is 87.9 Å². The molecule has 0 radical (unpaired) electrons. The highest BCUT2D eigenvalue weighted by Crippen LogP contribution is 2.28. The Hall–Kier alpha value is -3.65. The number of ether oxygens (including phenoxy) is 3. The monoisotopic (exact) mass is 524 g/mol. The Balaban J connectivity index is 1.62. The van der Waals surface area contributed by atoms with E-state index < -0.39 is 5.97 Å². The number of hydrazone groups is 1. The van der Waals surface area contributed by atoms with E-state index in [1.807, 2.05) is 6.07 Å². The predicted octanol–water partition coefficient (Wildman–Crippen LogP) is 5.62. The minimum absolute atomic E-state index is 0.269. The van der Waals surface area contributed by atoms with E-state index in [0.717, 1.165) is 12.8 Å². The van der Waals surface area contributed by atoms with Crippen LogP contribution in [0.15, 0.2) is 76.3 Å². The molecule has 7 nitrogen and oxygen atoms in total. The van der Waals surface area contributed by atoms with Crippen LogP contribution >= 0.6 is 15.9 Å². The maximum absolute atomic E-state index is 12.6. The number of amides is 1. The first-order chi connectivity index (χ1) is 16.5. The molecule has 176 valence electrons. The molecule has 3 aromatic carbocycles. The van der Waals surface area contributed by atoms with Crippen LogP contribution in [0.25, 0.3) is 0 Å². The van der Waals surface area contributed by atoms with Crippen molar-refractivity contribution >= 4 is 34.0 Å². The van der Waals surface area contributed by atoms with Gasteiger partial charge >= 0.3 is 5.97 Å². The summed E-state index contributed by atoms with van der Waals surface area (Å²) in [6.45, 7) is 2.74. The Morgan fingerprint density at radius 2 is 1.79 bits per heavy atom. The van der Waals surface area contributed by atoms with E-state index in [0.29, 0.717) is 39.3 Å². The van der Waals surface area contributed by atoms with Crippen molar-refractivity contribution in [1.82, 2.24) is 5.43 Å². The summed E-state index contributed by atoms with van der Waals surface area (Å²) >= 11 is 3.34. The first-order valence-electron chi connectivity index (χ1n) is 10.7. The number of carbonyl (C=O) groups excluding carboxylic acids is 2. The highest BCUT2D eigenvalue weighted by molar-refractivity contribution is 9.10. The topological polar surface area (TPSA) is 86.2 Å². The Bertz CT molecular complexity index is 1160. The van der Waals surface area contributed by atoms with Crippen molar-refractivity contribution in [3.8, 4) is 17.2 Å². The molecular formula is C26H25BrN2O5. The van der Waals surface area contributed by atoms with Gasteiger partial charge in [0.25, 0.3) is 5.91 Å². The van der Waals surface area contributed by atoms with Crippen molar-refractivity contribution in [1.29, 1.82) is 0 Å². The van der Waals surface area contributed by atoms with Gasteiger partial charge in [-0.05, 0) is 82.5 Å². The third-order valence-electron chi connectivity index (χ3n) is 4.75. The SMILES string of the molecule is CCCCOc1ccc(C(=O)Oc2ccc(/C=N\NC(=O)c3ccccc3Br)cc2OC)cc1. The summed E-state index contributed by atoms with van der Waals surface area (Å²) in [5.74, 6) is 0.473. The number of hydrogen-bond donors (Lipinski definition) is 1. The molecule has 0 aliphatic carbocycles. The number of hydrogen-bond acceptors (Lipinski definition) is 6. The Kier molecular flexibility index (Phi) is 9.22. The number of halogens is 1. The molecule has 3 rings (SSSR count). The number of carbonyl (C=O) groups is 2. The number of methoxy groups -OCH3 is 1. The van der Waals surface area contributed by atoms with Crippen LogP contribution in [-0.2, 0) is 0 Å². The molecule has 0 spiro atoms. The van der Waals surface area contributed by atoms with Gasteiger partial charge in [-0.3, -0.25) is 4.79 Å². The Morgan fingerprint density at radius 3 is 2.50 bits per heavy atom. The molecule has 1 N–H and O–H groups in total. The molecule has 0 aromatic heterocycles. The molecule has 0 bridgehead atoms. The molecule has 0 heterocycles. The van der Waals surface area contributed by atoms with Gasteiger partial charge in [0.1, 0.15) is 5.75 Å². The minimum Gasteiger partial charge on any atom is -0.494 e. The summed E-state index contributed by atoms with van der Waals surface area (Å²) in [5, 5.41) is 3.99. The second kappa shape index (κ2) is 12.6. The zero-order chi connectivity index (χ0) is 24.3. The Labute approximate surface area is 206 Å². The molecule has 0 unspecified atom stereocenters. The van der Waals surface area contributed by atoms with E-state index in [2.05, 4.69) is 33.4 Å². The first-order valence-corrected chi connectivity index (χ1v) is 11.5. The summed E-state index contributed by atoms with van der Waals surface area (Å²) in [5.41, 5.74) is 4.00. The lowest BCUT2D eigenvalue weighted by Crippen LogP contribution is -2.18. The van der Waals surface area contributed by atoms with Crippen molar-refractivity contribution in [2.45, 2.75) is 19.8 Å². The maximum Gasteiger partial charge on any atom is 0.343 e. The standard InChI is InChI=1S/C26H25BrN2O5/c1-3-4-15-33-20-12-10-19(11-13-20)26(31)34-23-14-9-18(16-24(23)32-2)17-28-29-25(30)21-7-5-6-8-22(21)27/h5-14,16-17H,3-4,15H2,1-2H3,(H,29,30)/b28-17-. The quantitative estimate of drug-likeness (QED) is 0.122. The van der Waals surface area contributed by atoms with E-state index in [9.17, 15) is 9.59 Å². The molecule has 8 heteroatoms. The summed E-state index contributed by atoms with van der Waals surface area (Å²) in [4.78, 5) is 24.8. The predicted molar refractivity (Wildman–Crippen MR) is 134 cm³/mol. The number of benzene rings is 3. The number of esters is 1. The van der Waals surface area contributed by atoms with Crippen LogP contribution in [0.4, 0.5) is 0 Å². The molecule has 0 atom stereocenters. The highest BCUT2D eigenvalue weighted by Gasteiger charge is 2.13. The van der Waals surface area contributed by atoms with E-state index in [4.69, 9.17) is 14.2 Å². The number of unbranched alkanes of at least 4 members (excludes halogenated alkanes) is 1. The number of nitrogens with one attached hydrogen (secondary N) is 1. The molecule has 1 amide bonds. The fourth-order valence-corrected chi connectivity index (χ4v) is 3.37. The zero-order valence-corrected chi connectivity index (χ0v) is 20.5. The molecule has 0 saturated carbocycles. The summed E-state index contributed by atoms with van der Waals surface area (Å²) < 4.78 is 17.2. The first kappa shape index (κ1) is 25.0. The van der Waals surface area contributed by atoms with Gasteiger partial charge in [-0.2, -0.15) is 5.10 Å². The van der Waals surface area contributed by atoms with Crippen molar-refractivity contribution in [2.75, 3.05) is 13.7 Å². The van der Waals surface area contributed by atoms with Crippen LogP contribution in [0.2, 0.25) is 0 Å². The van der Waals surface area contributed by atoms with Gasteiger partial charge in [-0.25, -0.2) is 10.2 Å². The molecule has 34 heavy (non-hydrogen) atoms. The van der Waals surface area contributed by atoms with Crippen LogP contribution < -0.4 is 19.6 Å². The maximum atomic E-state index is 12.6. The second-order valence-corrected chi connectivity index (χ2v) is 8.06. The smallest absolute Gasteiger partial charge is 0.343 e. The van der Waals surface area contributed by atoms with Gasteiger partial charge in [0.05, 0.1) is 31.1 Å². The molecule has 0 saturated heterocycles. The Morgan fingerprint density at radius 1 is 1.03 bits per heavy atom. The normalized spacial score (nSPS) is 10.7. The summed E-state index contributed by atoms with van der Waals surface area (Å²) in [7, 11) is 1.48. The lowest BCUT2D eigenvalue weighted by molar-refractivity contribution is 0.0729. The van der Waals surface area contributed by atoms with Crippen molar-refractivity contribution in [2.24, 2.45) is 5.10 Å².